The van der Waals surface area contributed by atoms with Crippen LogP contribution >= 0.6 is 0 Å². The summed E-state index contributed by atoms with van der Waals surface area (Å²) < 4.78 is 18.8. The zero-order chi connectivity index (χ0) is 14.5. The molecule has 4 heteroatoms. The van der Waals surface area contributed by atoms with Gasteiger partial charge in [0.1, 0.15) is 11.9 Å². The highest BCUT2D eigenvalue weighted by Gasteiger charge is 2.32. The fourth-order valence-electron chi connectivity index (χ4n) is 2.91. The number of carbonyl (C=O) groups excluding carboxylic acids is 1. The highest BCUT2D eigenvalue weighted by atomic mass is 19.1. The van der Waals surface area contributed by atoms with Crippen LogP contribution in [0.2, 0.25) is 0 Å². The van der Waals surface area contributed by atoms with Crippen LogP contribution in [0.4, 0.5) is 4.39 Å². The van der Waals surface area contributed by atoms with Gasteiger partial charge in [0, 0.05) is 19.0 Å². The van der Waals surface area contributed by atoms with Gasteiger partial charge in [0.2, 0.25) is 0 Å². The normalized spacial score (nSPS) is 23.6. The number of hydrogen-bond donors (Lipinski definition) is 1. The molecule has 110 valence electrons. The Morgan fingerprint density at radius 3 is 2.95 bits per heavy atom. The molecule has 1 aliphatic rings. The Kier molecular flexibility index (Phi) is 5.12. The molecule has 0 saturated carbocycles. The first-order chi connectivity index (χ1) is 9.60. The van der Waals surface area contributed by atoms with Crippen molar-refractivity contribution < 1.29 is 13.9 Å². The lowest BCUT2D eigenvalue weighted by Crippen LogP contribution is -2.35. The molecule has 0 aromatic heterocycles. The molecule has 1 N–H and O–H groups in total. The molecule has 1 aromatic rings. The fraction of sp³-hybridized carbons (Fsp3) is 0.562. The van der Waals surface area contributed by atoms with E-state index in [0.29, 0.717) is 6.04 Å². The van der Waals surface area contributed by atoms with E-state index in [4.69, 9.17) is 4.74 Å². The van der Waals surface area contributed by atoms with Crippen molar-refractivity contribution >= 4 is 5.97 Å². The average molecular weight is 279 g/mol. The molecular formula is C16H22FNO2. The average Bonchev–Trinajstić information content (AvgIpc) is 2.84. The minimum atomic E-state index is -0.412. The number of benzene rings is 1. The van der Waals surface area contributed by atoms with Gasteiger partial charge in [-0.25, -0.2) is 4.39 Å². The molecule has 1 aliphatic heterocycles. The topological polar surface area (TPSA) is 38.3 Å². The van der Waals surface area contributed by atoms with Gasteiger partial charge in [-0.05, 0) is 37.0 Å². The Bertz CT molecular complexity index is 464. The van der Waals surface area contributed by atoms with E-state index in [1.807, 2.05) is 6.07 Å². The van der Waals surface area contributed by atoms with E-state index < -0.39 is 6.10 Å². The lowest BCUT2D eigenvalue weighted by Gasteiger charge is -2.25. The second kappa shape index (κ2) is 6.84. The first-order valence-corrected chi connectivity index (χ1v) is 7.29. The van der Waals surface area contributed by atoms with Crippen molar-refractivity contribution in [2.45, 2.75) is 57.7 Å². The summed E-state index contributed by atoms with van der Waals surface area (Å²) in [4.78, 5) is 11.3. The Balaban J connectivity index is 2.14. The van der Waals surface area contributed by atoms with Gasteiger partial charge in [0.05, 0.1) is 0 Å². The molecule has 1 saturated heterocycles. The molecule has 3 nitrogen and oxygen atoms in total. The maximum absolute atomic E-state index is 13.4. The van der Waals surface area contributed by atoms with E-state index in [1.54, 1.807) is 6.07 Å². The van der Waals surface area contributed by atoms with Gasteiger partial charge in [-0.1, -0.05) is 25.5 Å². The summed E-state index contributed by atoms with van der Waals surface area (Å²) in [5, 5.41) is 3.52. The number of esters is 1. The molecule has 20 heavy (non-hydrogen) atoms. The van der Waals surface area contributed by atoms with Crippen LogP contribution in [0.25, 0.3) is 0 Å². The highest BCUT2D eigenvalue weighted by molar-refractivity contribution is 5.66. The molecule has 0 radical (unpaired) electrons. The second-order valence-electron chi connectivity index (χ2n) is 5.42. The quantitative estimate of drug-likeness (QED) is 0.840. The molecule has 0 unspecified atom stereocenters. The van der Waals surface area contributed by atoms with Crippen LogP contribution in [-0.2, 0) is 9.53 Å². The highest BCUT2D eigenvalue weighted by Crippen LogP contribution is 2.30. The van der Waals surface area contributed by atoms with Crippen molar-refractivity contribution in [1.29, 1.82) is 0 Å². The Morgan fingerprint density at radius 1 is 1.50 bits per heavy atom. The summed E-state index contributed by atoms with van der Waals surface area (Å²) in [6, 6.07) is 6.85. The maximum atomic E-state index is 13.4. The number of carbonyl (C=O) groups is 1. The smallest absolute Gasteiger partial charge is 0.303 e. The standard InChI is InChI=1S/C16H22FNO2/c1-3-5-14-8-9-15(18-14)16(20-11(2)19)12-6-4-7-13(17)10-12/h4,6-7,10,14-16,18H,3,5,8-9H2,1-2H3/t14-,15-,16-/m1/s1. The molecule has 1 heterocycles. The van der Waals surface area contributed by atoms with Crippen LogP contribution in [0.15, 0.2) is 24.3 Å². The lowest BCUT2D eigenvalue weighted by atomic mass is 10.0. The Labute approximate surface area is 119 Å². The van der Waals surface area contributed by atoms with Gasteiger partial charge < -0.3 is 10.1 Å². The third-order valence-electron chi connectivity index (χ3n) is 3.75. The van der Waals surface area contributed by atoms with E-state index in [9.17, 15) is 9.18 Å². The van der Waals surface area contributed by atoms with Gasteiger partial charge in [0.15, 0.2) is 0 Å². The maximum Gasteiger partial charge on any atom is 0.303 e. The number of nitrogens with one attached hydrogen (secondary N) is 1. The third-order valence-corrected chi connectivity index (χ3v) is 3.75. The molecule has 0 aliphatic carbocycles. The fourth-order valence-corrected chi connectivity index (χ4v) is 2.91. The Hall–Kier alpha value is -1.42. The van der Waals surface area contributed by atoms with Crippen LogP contribution in [0.3, 0.4) is 0 Å². The van der Waals surface area contributed by atoms with Crippen LogP contribution < -0.4 is 5.32 Å². The predicted molar refractivity (Wildman–Crippen MR) is 75.8 cm³/mol. The molecule has 0 spiro atoms. The molecule has 0 bridgehead atoms. The summed E-state index contributed by atoms with van der Waals surface area (Å²) in [7, 11) is 0. The van der Waals surface area contributed by atoms with Crippen molar-refractivity contribution in [2.24, 2.45) is 0 Å². The van der Waals surface area contributed by atoms with Gasteiger partial charge in [-0.3, -0.25) is 4.79 Å². The molecule has 1 aromatic carbocycles. The van der Waals surface area contributed by atoms with E-state index in [1.165, 1.54) is 19.1 Å². The monoisotopic (exact) mass is 279 g/mol. The van der Waals surface area contributed by atoms with Gasteiger partial charge in [0.25, 0.3) is 0 Å². The minimum Gasteiger partial charge on any atom is -0.456 e. The van der Waals surface area contributed by atoms with Gasteiger partial charge >= 0.3 is 5.97 Å². The van der Waals surface area contributed by atoms with Gasteiger partial charge in [-0.2, -0.15) is 0 Å². The second-order valence-corrected chi connectivity index (χ2v) is 5.42. The largest absolute Gasteiger partial charge is 0.456 e. The first kappa shape index (κ1) is 15.0. The minimum absolute atomic E-state index is 0.0669. The van der Waals surface area contributed by atoms with Crippen molar-refractivity contribution in [2.75, 3.05) is 0 Å². The molecule has 2 rings (SSSR count). The summed E-state index contributed by atoms with van der Waals surface area (Å²) >= 11 is 0. The number of rotatable bonds is 5. The first-order valence-electron chi connectivity index (χ1n) is 7.29. The summed E-state index contributed by atoms with van der Waals surface area (Å²) in [6.45, 7) is 3.55. The SMILES string of the molecule is CCC[C@@H]1CC[C@H]([C@H](OC(C)=O)c2cccc(F)c2)N1. The zero-order valence-electron chi connectivity index (χ0n) is 12.1. The van der Waals surface area contributed by atoms with Crippen molar-refractivity contribution in [3.05, 3.63) is 35.6 Å². The van der Waals surface area contributed by atoms with Crippen molar-refractivity contribution in [3.8, 4) is 0 Å². The van der Waals surface area contributed by atoms with E-state index >= 15 is 0 Å². The van der Waals surface area contributed by atoms with E-state index in [2.05, 4.69) is 12.2 Å². The number of ether oxygens (including phenoxy) is 1. The van der Waals surface area contributed by atoms with Crippen LogP contribution in [0.1, 0.15) is 51.2 Å². The van der Waals surface area contributed by atoms with E-state index in [0.717, 1.165) is 31.2 Å². The molecule has 1 fully saturated rings. The Morgan fingerprint density at radius 2 is 2.30 bits per heavy atom. The predicted octanol–water partition coefficient (Wildman–Crippen LogP) is 3.35. The van der Waals surface area contributed by atoms with Crippen LogP contribution in [-0.4, -0.2) is 18.1 Å². The lowest BCUT2D eigenvalue weighted by molar-refractivity contribution is -0.148. The van der Waals surface area contributed by atoms with E-state index in [-0.39, 0.29) is 17.8 Å². The van der Waals surface area contributed by atoms with Crippen molar-refractivity contribution in [1.82, 2.24) is 5.32 Å². The third kappa shape index (κ3) is 3.79. The molecule has 0 amide bonds. The molecular weight excluding hydrogens is 257 g/mol. The number of hydrogen-bond acceptors (Lipinski definition) is 3. The van der Waals surface area contributed by atoms with Crippen molar-refractivity contribution in [3.63, 3.8) is 0 Å². The van der Waals surface area contributed by atoms with Crippen LogP contribution in [0.5, 0.6) is 0 Å². The zero-order valence-corrected chi connectivity index (χ0v) is 12.1. The number of halogens is 1. The summed E-state index contributed by atoms with van der Waals surface area (Å²) in [5.74, 6) is -0.636. The summed E-state index contributed by atoms with van der Waals surface area (Å²) in [5.41, 5.74) is 0.717. The van der Waals surface area contributed by atoms with Gasteiger partial charge in [-0.15, -0.1) is 0 Å². The molecule has 3 atom stereocenters. The summed E-state index contributed by atoms with van der Waals surface area (Å²) in [6.07, 6.45) is 3.85. The van der Waals surface area contributed by atoms with Crippen LogP contribution in [0, 0.1) is 5.82 Å².